The Morgan fingerprint density at radius 2 is 2.43 bits per heavy atom. The van der Waals surface area contributed by atoms with Crippen molar-refractivity contribution in [3.8, 4) is 0 Å². The molecule has 3 nitrogen and oxygen atoms in total. The molecule has 0 aromatic heterocycles. The smallest absolute Gasteiger partial charge is 0.218 e. The van der Waals surface area contributed by atoms with Gasteiger partial charge in [-0.2, -0.15) is 11.8 Å². The van der Waals surface area contributed by atoms with Gasteiger partial charge in [0.15, 0.2) is 0 Å². The first-order valence-electron chi connectivity index (χ1n) is 5.25. The van der Waals surface area contributed by atoms with Gasteiger partial charge in [-0.1, -0.05) is 6.92 Å². The molecule has 0 bridgehead atoms. The highest BCUT2D eigenvalue weighted by atomic mass is 32.2. The summed E-state index contributed by atoms with van der Waals surface area (Å²) in [5, 5.41) is 4.13. The summed E-state index contributed by atoms with van der Waals surface area (Å²) in [6, 6.07) is 0.752. The Kier molecular flexibility index (Phi) is 4.75. The molecule has 1 saturated heterocycles. The van der Waals surface area contributed by atoms with E-state index >= 15 is 0 Å². The number of carbonyl (C=O) groups excluding carboxylic acids is 1. The number of thioether (sulfide) groups is 1. The molecule has 3 unspecified atom stereocenters. The molecule has 4 heteroatoms. The van der Waals surface area contributed by atoms with E-state index in [1.54, 1.807) is 0 Å². The molecule has 0 radical (unpaired) electrons. The zero-order valence-corrected chi connectivity index (χ0v) is 9.77. The van der Waals surface area contributed by atoms with E-state index in [0.29, 0.717) is 17.7 Å². The van der Waals surface area contributed by atoms with Crippen molar-refractivity contribution in [1.29, 1.82) is 0 Å². The molecule has 0 aromatic rings. The van der Waals surface area contributed by atoms with Crippen molar-refractivity contribution in [3.05, 3.63) is 0 Å². The molecule has 1 rings (SSSR count). The van der Waals surface area contributed by atoms with Gasteiger partial charge < -0.3 is 11.1 Å². The van der Waals surface area contributed by atoms with E-state index in [2.05, 4.69) is 12.2 Å². The zero-order valence-electron chi connectivity index (χ0n) is 8.95. The molecule has 82 valence electrons. The van der Waals surface area contributed by atoms with E-state index in [0.717, 1.165) is 0 Å². The van der Waals surface area contributed by atoms with Crippen LogP contribution in [0.3, 0.4) is 0 Å². The lowest BCUT2D eigenvalue weighted by molar-refractivity contribution is -0.118. The van der Waals surface area contributed by atoms with Crippen molar-refractivity contribution in [3.63, 3.8) is 0 Å². The molecule has 14 heavy (non-hydrogen) atoms. The Morgan fingerprint density at radius 1 is 1.71 bits per heavy atom. The Labute approximate surface area is 90.2 Å². The third kappa shape index (κ3) is 3.88. The minimum absolute atomic E-state index is 0.207. The van der Waals surface area contributed by atoms with Crippen LogP contribution in [0, 0.1) is 0 Å². The van der Waals surface area contributed by atoms with Crippen LogP contribution in [0.2, 0.25) is 0 Å². The van der Waals surface area contributed by atoms with Crippen molar-refractivity contribution >= 4 is 17.7 Å². The van der Waals surface area contributed by atoms with Crippen LogP contribution in [0.4, 0.5) is 0 Å². The molecule has 0 saturated carbocycles. The van der Waals surface area contributed by atoms with Gasteiger partial charge in [0, 0.05) is 23.8 Å². The van der Waals surface area contributed by atoms with Crippen LogP contribution in [0.5, 0.6) is 0 Å². The number of primary amides is 1. The van der Waals surface area contributed by atoms with Gasteiger partial charge in [0.2, 0.25) is 5.91 Å². The molecule has 0 aromatic carbocycles. The van der Waals surface area contributed by atoms with Crippen molar-refractivity contribution in [2.75, 3.05) is 5.75 Å². The Hall–Kier alpha value is -0.220. The van der Waals surface area contributed by atoms with Crippen LogP contribution in [-0.4, -0.2) is 29.0 Å². The maximum Gasteiger partial charge on any atom is 0.218 e. The number of carbonyl (C=O) groups is 1. The van der Waals surface area contributed by atoms with Crippen molar-refractivity contribution < 1.29 is 4.79 Å². The second-order valence-electron chi connectivity index (χ2n) is 4.06. The average molecular weight is 216 g/mol. The quantitative estimate of drug-likeness (QED) is 0.740. The fourth-order valence-electron chi connectivity index (χ4n) is 1.87. The lowest BCUT2D eigenvalue weighted by Crippen LogP contribution is -2.45. The molecule has 0 aliphatic carbocycles. The van der Waals surface area contributed by atoms with E-state index in [9.17, 15) is 4.79 Å². The largest absolute Gasteiger partial charge is 0.370 e. The highest BCUT2D eigenvalue weighted by molar-refractivity contribution is 7.99. The van der Waals surface area contributed by atoms with Gasteiger partial charge in [0.1, 0.15) is 0 Å². The van der Waals surface area contributed by atoms with Gasteiger partial charge in [0.05, 0.1) is 0 Å². The van der Waals surface area contributed by atoms with Gasteiger partial charge in [0.25, 0.3) is 0 Å². The minimum atomic E-state index is -0.221. The Balaban J connectivity index is 2.30. The van der Waals surface area contributed by atoms with Crippen molar-refractivity contribution in [1.82, 2.24) is 5.32 Å². The third-order valence-corrected chi connectivity index (χ3v) is 3.99. The zero-order chi connectivity index (χ0) is 10.6. The molecule has 3 N–H and O–H groups in total. The number of nitrogens with two attached hydrogens (primary N) is 1. The third-order valence-electron chi connectivity index (χ3n) is 2.61. The minimum Gasteiger partial charge on any atom is -0.370 e. The van der Waals surface area contributed by atoms with Crippen LogP contribution in [0.15, 0.2) is 0 Å². The highest BCUT2D eigenvalue weighted by Gasteiger charge is 2.23. The molecule has 1 aliphatic rings. The molecular weight excluding hydrogens is 196 g/mol. The van der Waals surface area contributed by atoms with Crippen LogP contribution in [0.25, 0.3) is 0 Å². The summed E-state index contributed by atoms with van der Waals surface area (Å²) in [6.07, 6.45) is 2.93. The summed E-state index contributed by atoms with van der Waals surface area (Å²) in [6.45, 7) is 4.27. The molecular formula is C10H20N2OS. The van der Waals surface area contributed by atoms with Crippen molar-refractivity contribution in [2.45, 2.75) is 50.4 Å². The number of nitrogens with one attached hydrogen (secondary N) is 1. The summed E-state index contributed by atoms with van der Waals surface area (Å²) in [7, 11) is 0. The molecule has 1 amide bonds. The number of hydrogen-bond donors (Lipinski definition) is 2. The number of hydrogen-bond acceptors (Lipinski definition) is 3. The number of rotatable bonds is 4. The lowest BCUT2D eigenvalue weighted by Gasteiger charge is -2.31. The number of amides is 1. The average Bonchev–Trinajstić information content (AvgIpc) is 2.07. The Bertz CT molecular complexity index is 199. The van der Waals surface area contributed by atoms with Crippen LogP contribution in [-0.2, 0) is 4.79 Å². The topological polar surface area (TPSA) is 55.1 Å². The normalized spacial score (nSPS) is 29.9. The van der Waals surface area contributed by atoms with Gasteiger partial charge in [-0.3, -0.25) is 4.79 Å². The standard InChI is InChI=1S/C10H20N2OS/c1-7(6-10(11)13)12-9-4-3-5-14-8(9)2/h7-9,12H,3-6H2,1-2H3,(H2,11,13). The van der Waals surface area contributed by atoms with Gasteiger partial charge in [-0.15, -0.1) is 0 Å². The second-order valence-corrected chi connectivity index (χ2v) is 5.55. The summed E-state index contributed by atoms with van der Waals surface area (Å²) < 4.78 is 0. The maximum atomic E-state index is 10.7. The van der Waals surface area contributed by atoms with Gasteiger partial charge >= 0.3 is 0 Å². The second kappa shape index (κ2) is 5.61. The SMILES string of the molecule is CC(CC(N)=O)NC1CCCSC1C. The molecule has 1 heterocycles. The van der Waals surface area contributed by atoms with Crippen LogP contribution in [0.1, 0.15) is 33.1 Å². The summed E-state index contributed by atoms with van der Waals surface area (Å²) >= 11 is 2.01. The summed E-state index contributed by atoms with van der Waals surface area (Å²) in [5.41, 5.74) is 5.15. The predicted octanol–water partition coefficient (Wildman–Crippen LogP) is 1.12. The monoisotopic (exact) mass is 216 g/mol. The maximum absolute atomic E-state index is 10.7. The molecule has 1 fully saturated rings. The van der Waals surface area contributed by atoms with E-state index < -0.39 is 0 Å². The van der Waals surface area contributed by atoms with Gasteiger partial charge in [-0.25, -0.2) is 0 Å². The lowest BCUT2D eigenvalue weighted by atomic mass is 10.1. The molecule has 0 spiro atoms. The Morgan fingerprint density at radius 3 is 3.00 bits per heavy atom. The first-order chi connectivity index (χ1) is 6.59. The summed E-state index contributed by atoms with van der Waals surface area (Å²) in [5.74, 6) is 1.05. The van der Waals surface area contributed by atoms with E-state index in [-0.39, 0.29) is 11.9 Å². The van der Waals surface area contributed by atoms with Crippen LogP contribution < -0.4 is 11.1 Å². The first kappa shape index (κ1) is 11.9. The van der Waals surface area contributed by atoms with Crippen LogP contribution >= 0.6 is 11.8 Å². The van der Waals surface area contributed by atoms with Gasteiger partial charge in [-0.05, 0) is 25.5 Å². The predicted molar refractivity (Wildman–Crippen MR) is 61.4 cm³/mol. The van der Waals surface area contributed by atoms with E-state index in [1.807, 2.05) is 18.7 Å². The fraction of sp³-hybridized carbons (Fsp3) is 0.900. The van der Waals surface area contributed by atoms with Crippen molar-refractivity contribution in [2.24, 2.45) is 5.73 Å². The molecule has 3 atom stereocenters. The first-order valence-corrected chi connectivity index (χ1v) is 6.30. The molecule has 1 aliphatic heterocycles. The summed E-state index contributed by atoms with van der Waals surface area (Å²) in [4.78, 5) is 10.7. The fourth-order valence-corrected chi connectivity index (χ4v) is 3.02. The highest BCUT2D eigenvalue weighted by Crippen LogP contribution is 2.25. The van der Waals surface area contributed by atoms with E-state index in [4.69, 9.17) is 5.73 Å². The van der Waals surface area contributed by atoms with E-state index in [1.165, 1.54) is 18.6 Å².